The van der Waals surface area contributed by atoms with Gasteiger partial charge in [0.25, 0.3) is 17.7 Å². The van der Waals surface area contributed by atoms with E-state index in [1.165, 1.54) is 35.6 Å². The van der Waals surface area contributed by atoms with Gasteiger partial charge in [0.2, 0.25) is 0 Å². The second kappa shape index (κ2) is 8.68. The molecular formula is C20H11Cl3N4O3S. The van der Waals surface area contributed by atoms with E-state index in [1.54, 1.807) is 29.8 Å². The molecule has 2 heterocycles. The lowest BCUT2D eigenvalue weighted by molar-refractivity contribution is -0.120. The summed E-state index contributed by atoms with van der Waals surface area (Å²) in [5, 5.41) is 7.85. The third kappa shape index (κ3) is 4.28. The van der Waals surface area contributed by atoms with E-state index < -0.39 is 11.8 Å². The molecule has 0 atom stereocenters. The number of carbonyl (C=O) groups excluding carboxylic acids is 3. The molecule has 1 aliphatic rings. The Morgan fingerprint density at radius 1 is 1.03 bits per heavy atom. The normalized spacial score (nSPS) is 13.7. The molecule has 2 N–H and O–H groups in total. The monoisotopic (exact) mass is 492 g/mol. The molecule has 0 fully saturated rings. The van der Waals surface area contributed by atoms with Gasteiger partial charge in [0, 0.05) is 27.9 Å². The second-order valence-electron chi connectivity index (χ2n) is 6.23. The van der Waals surface area contributed by atoms with Crippen LogP contribution in [0.1, 0.15) is 10.4 Å². The number of imide groups is 1. The topological polar surface area (TPSA) is 91.4 Å². The number of carbonyl (C=O) groups is 3. The molecule has 156 valence electrons. The summed E-state index contributed by atoms with van der Waals surface area (Å²) >= 11 is 19.6. The molecule has 7 nitrogen and oxygen atoms in total. The van der Waals surface area contributed by atoms with Crippen LogP contribution in [0.25, 0.3) is 0 Å². The molecule has 4 rings (SSSR count). The highest BCUT2D eigenvalue weighted by atomic mass is 35.5. The third-order valence-electron chi connectivity index (χ3n) is 4.22. The number of nitrogens with one attached hydrogen (secondary N) is 2. The lowest BCUT2D eigenvalue weighted by Gasteiger charge is -2.17. The highest BCUT2D eigenvalue weighted by Crippen LogP contribution is 2.35. The van der Waals surface area contributed by atoms with Gasteiger partial charge in [-0.1, -0.05) is 40.9 Å². The molecule has 3 aromatic rings. The van der Waals surface area contributed by atoms with Gasteiger partial charge < -0.3 is 5.32 Å². The number of amides is 3. The standard InChI is InChI=1S/C20H11Cl3N4O3S/c21-11-4-5-13(22)14(9-11)27-18(29)15(23)16(19(27)30)25-12-3-1-2-10(8-12)17(28)26-20-24-6-7-31-20/h1-9,25H,(H,24,26,28). The maximum atomic E-state index is 12.9. The Kier molecular flexibility index (Phi) is 5.97. The molecule has 1 aromatic heterocycles. The lowest BCUT2D eigenvalue weighted by atomic mass is 10.2. The van der Waals surface area contributed by atoms with E-state index in [0.717, 1.165) is 4.90 Å². The SMILES string of the molecule is O=C(Nc1nccs1)c1cccc(NC2=C(Cl)C(=O)N(c3cc(Cl)ccc3Cl)C2=O)c1. The van der Waals surface area contributed by atoms with Gasteiger partial charge in [0.05, 0.1) is 10.7 Å². The lowest BCUT2D eigenvalue weighted by Crippen LogP contribution is -2.32. The molecule has 31 heavy (non-hydrogen) atoms. The van der Waals surface area contributed by atoms with Gasteiger partial charge in [-0.25, -0.2) is 9.88 Å². The van der Waals surface area contributed by atoms with Crippen molar-refractivity contribution in [1.82, 2.24) is 4.98 Å². The average Bonchev–Trinajstić information content (AvgIpc) is 3.33. The minimum absolute atomic E-state index is 0.121. The van der Waals surface area contributed by atoms with Crippen LogP contribution >= 0.6 is 46.1 Å². The quantitative estimate of drug-likeness (QED) is 0.480. The molecular weight excluding hydrogens is 483 g/mol. The van der Waals surface area contributed by atoms with Crippen molar-refractivity contribution in [2.75, 3.05) is 15.5 Å². The molecule has 0 bridgehead atoms. The molecule has 0 aliphatic carbocycles. The fraction of sp³-hybridized carbons (Fsp3) is 0. The fourth-order valence-electron chi connectivity index (χ4n) is 2.82. The molecule has 11 heteroatoms. The van der Waals surface area contributed by atoms with E-state index in [2.05, 4.69) is 15.6 Å². The zero-order valence-corrected chi connectivity index (χ0v) is 18.4. The zero-order valence-electron chi connectivity index (χ0n) is 15.4. The van der Waals surface area contributed by atoms with Crippen LogP contribution in [0.5, 0.6) is 0 Å². The molecule has 0 unspecified atom stereocenters. The van der Waals surface area contributed by atoms with Gasteiger partial charge in [-0.3, -0.25) is 19.7 Å². The molecule has 0 saturated heterocycles. The van der Waals surface area contributed by atoms with Crippen LogP contribution in [0.2, 0.25) is 10.0 Å². The molecule has 0 radical (unpaired) electrons. The van der Waals surface area contributed by atoms with Crippen molar-refractivity contribution in [3.63, 3.8) is 0 Å². The molecule has 1 aliphatic heterocycles. The Balaban J connectivity index is 1.58. The number of aromatic nitrogens is 1. The van der Waals surface area contributed by atoms with E-state index in [1.807, 2.05) is 0 Å². The summed E-state index contributed by atoms with van der Waals surface area (Å²) in [5.74, 6) is -1.81. The van der Waals surface area contributed by atoms with Crippen LogP contribution in [0.4, 0.5) is 16.5 Å². The van der Waals surface area contributed by atoms with Crippen LogP contribution in [0.15, 0.2) is 64.8 Å². The van der Waals surface area contributed by atoms with E-state index in [4.69, 9.17) is 34.8 Å². The summed E-state index contributed by atoms with van der Waals surface area (Å²) in [6.45, 7) is 0. The third-order valence-corrected chi connectivity index (χ3v) is 5.82. The van der Waals surface area contributed by atoms with Gasteiger partial charge in [0.1, 0.15) is 10.7 Å². The van der Waals surface area contributed by atoms with Crippen molar-refractivity contribution < 1.29 is 14.4 Å². The second-order valence-corrected chi connectivity index (χ2v) is 8.34. The average molecular weight is 494 g/mol. The van der Waals surface area contributed by atoms with Crippen LogP contribution in [0, 0.1) is 0 Å². The van der Waals surface area contributed by atoms with Crippen LogP contribution in [-0.2, 0) is 9.59 Å². The van der Waals surface area contributed by atoms with E-state index in [-0.39, 0.29) is 27.3 Å². The van der Waals surface area contributed by atoms with Crippen LogP contribution in [-0.4, -0.2) is 22.7 Å². The first-order chi connectivity index (χ1) is 14.8. The number of hydrogen-bond donors (Lipinski definition) is 2. The largest absolute Gasteiger partial charge is 0.350 e. The minimum Gasteiger partial charge on any atom is -0.350 e. The van der Waals surface area contributed by atoms with E-state index in [9.17, 15) is 14.4 Å². The summed E-state index contributed by atoms with van der Waals surface area (Å²) in [5.41, 5.74) is 0.694. The maximum absolute atomic E-state index is 12.9. The molecule has 0 spiro atoms. The van der Waals surface area contributed by atoms with Gasteiger partial charge in [-0.15, -0.1) is 11.3 Å². The fourth-order valence-corrected chi connectivity index (χ4v) is 3.93. The van der Waals surface area contributed by atoms with E-state index in [0.29, 0.717) is 21.4 Å². The first kappa shape index (κ1) is 21.3. The summed E-state index contributed by atoms with van der Waals surface area (Å²) in [4.78, 5) is 42.8. The molecule has 2 aromatic carbocycles. The number of benzene rings is 2. The Hall–Kier alpha value is -2.91. The Labute approximate surface area is 195 Å². The zero-order chi connectivity index (χ0) is 22.1. The predicted molar refractivity (Wildman–Crippen MR) is 122 cm³/mol. The van der Waals surface area contributed by atoms with E-state index >= 15 is 0 Å². The number of hydrogen-bond acceptors (Lipinski definition) is 6. The summed E-state index contributed by atoms with van der Waals surface area (Å²) in [7, 11) is 0. The minimum atomic E-state index is -0.740. The predicted octanol–water partition coefficient (Wildman–Crippen LogP) is 5.14. The van der Waals surface area contributed by atoms with Crippen molar-refractivity contribution in [2.45, 2.75) is 0 Å². The van der Waals surface area contributed by atoms with Crippen molar-refractivity contribution in [2.24, 2.45) is 0 Å². The Morgan fingerprint density at radius 2 is 1.84 bits per heavy atom. The maximum Gasteiger partial charge on any atom is 0.283 e. The number of anilines is 3. The first-order valence-electron chi connectivity index (χ1n) is 8.66. The molecule has 0 saturated carbocycles. The van der Waals surface area contributed by atoms with Crippen molar-refractivity contribution in [3.05, 3.63) is 80.4 Å². The van der Waals surface area contributed by atoms with Crippen molar-refractivity contribution in [1.29, 1.82) is 0 Å². The first-order valence-corrected chi connectivity index (χ1v) is 10.7. The number of nitrogens with zero attached hydrogens (tertiary/aromatic N) is 2. The number of halogens is 3. The highest BCUT2D eigenvalue weighted by Gasteiger charge is 2.40. The molecule has 3 amide bonds. The van der Waals surface area contributed by atoms with Crippen LogP contribution < -0.4 is 15.5 Å². The number of thiazole rings is 1. The van der Waals surface area contributed by atoms with Crippen molar-refractivity contribution >= 4 is 80.4 Å². The highest BCUT2D eigenvalue weighted by molar-refractivity contribution is 7.13. The van der Waals surface area contributed by atoms with Crippen LogP contribution in [0.3, 0.4) is 0 Å². The summed E-state index contributed by atoms with van der Waals surface area (Å²) < 4.78 is 0. The van der Waals surface area contributed by atoms with Gasteiger partial charge in [-0.2, -0.15) is 0 Å². The van der Waals surface area contributed by atoms with Gasteiger partial charge in [0.15, 0.2) is 5.13 Å². The van der Waals surface area contributed by atoms with Crippen molar-refractivity contribution in [3.8, 4) is 0 Å². The summed E-state index contributed by atoms with van der Waals surface area (Å²) in [6, 6.07) is 10.8. The summed E-state index contributed by atoms with van der Waals surface area (Å²) in [6.07, 6.45) is 1.58. The Bertz CT molecular complexity index is 1240. The van der Waals surface area contributed by atoms with Gasteiger partial charge in [-0.05, 0) is 36.4 Å². The Morgan fingerprint density at radius 3 is 2.58 bits per heavy atom. The van der Waals surface area contributed by atoms with Gasteiger partial charge >= 0.3 is 0 Å². The number of rotatable bonds is 5. The smallest absolute Gasteiger partial charge is 0.283 e.